The molecule has 3 aromatic rings. The summed E-state index contributed by atoms with van der Waals surface area (Å²) in [6.45, 7) is 5.18. The number of benzene rings is 2. The molecule has 2 N–H and O–H groups in total. The second kappa shape index (κ2) is 4.91. The average Bonchev–Trinajstić information content (AvgIpc) is 3.05. The Labute approximate surface area is 141 Å². The lowest BCUT2D eigenvalue weighted by Crippen LogP contribution is -2.16. The van der Waals surface area contributed by atoms with Gasteiger partial charge in [0.15, 0.2) is 0 Å². The molecule has 24 heavy (non-hydrogen) atoms. The second-order valence-electron chi connectivity index (χ2n) is 6.85. The van der Waals surface area contributed by atoms with Crippen molar-refractivity contribution < 1.29 is 4.74 Å². The van der Waals surface area contributed by atoms with Gasteiger partial charge in [-0.25, -0.2) is 0 Å². The van der Waals surface area contributed by atoms with Gasteiger partial charge in [-0.05, 0) is 42.2 Å². The maximum atomic E-state index is 5.75. The Hall–Kier alpha value is -2.68. The summed E-state index contributed by atoms with van der Waals surface area (Å²) in [5.74, 6) is 1.05. The van der Waals surface area contributed by atoms with Gasteiger partial charge in [-0.15, -0.1) is 0 Å². The maximum absolute atomic E-state index is 5.75. The zero-order valence-corrected chi connectivity index (χ0v) is 13.6. The molecule has 120 valence electrons. The number of rotatable bonds is 4. The highest BCUT2D eigenvalue weighted by atomic mass is 16.5. The number of anilines is 1. The SMILES string of the molecule is C=C(Nc1cccc2cc[nH]c12)C1(c2ccc3c(c2)OCC3)CC1. The molecule has 0 amide bonds. The van der Waals surface area contributed by atoms with Crippen LogP contribution in [-0.2, 0) is 11.8 Å². The van der Waals surface area contributed by atoms with E-state index in [-0.39, 0.29) is 5.41 Å². The predicted molar refractivity (Wildman–Crippen MR) is 97.6 cm³/mol. The van der Waals surface area contributed by atoms with Crippen LogP contribution in [-0.4, -0.2) is 11.6 Å². The fourth-order valence-electron chi connectivity index (χ4n) is 3.83. The van der Waals surface area contributed by atoms with Crippen LogP contribution in [0.4, 0.5) is 5.69 Å². The molecule has 1 fully saturated rings. The van der Waals surface area contributed by atoms with Crippen molar-refractivity contribution in [2.75, 3.05) is 11.9 Å². The molecule has 0 bridgehead atoms. The van der Waals surface area contributed by atoms with Gasteiger partial charge in [-0.1, -0.05) is 30.8 Å². The molecule has 1 aromatic heterocycles. The van der Waals surface area contributed by atoms with Crippen LogP contribution in [0.1, 0.15) is 24.0 Å². The first-order valence-corrected chi connectivity index (χ1v) is 8.55. The molecule has 1 aliphatic carbocycles. The number of nitrogens with one attached hydrogen (secondary N) is 2. The van der Waals surface area contributed by atoms with Gasteiger partial charge in [-0.3, -0.25) is 0 Å². The number of allylic oxidation sites excluding steroid dienone is 1. The lowest BCUT2D eigenvalue weighted by Gasteiger charge is -2.21. The van der Waals surface area contributed by atoms with Crippen LogP contribution in [0.5, 0.6) is 5.75 Å². The highest BCUT2D eigenvalue weighted by Crippen LogP contribution is 2.54. The fraction of sp³-hybridized carbons (Fsp3) is 0.238. The van der Waals surface area contributed by atoms with Crippen molar-refractivity contribution >= 4 is 16.6 Å². The Bertz CT molecular complexity index is 949. The van der Waals surface area contributed by atoms with Crippen LogP contribution in [0.15, 0.2) is 60.9 Å². The second-order valence-corrected chi connectivity index (χ2v) is 6.85. The Morgan fingerprint density at radius 1 is 1.17 bits per heavy atom. The lowest BCUT2D eigenvalue weighted by atomic mass is 9.91. The van der Waals surface area contributed by atoms with Crippen molar-refractivity contribution in [2.24, 2.45) is 0 Å². The van der Waals surface area contributed by atoms with E-state index in [1.165, 1.54) is 16.5 Å². The van der Waals surface area contributed by atoms with E-state index in [1.54, 1.807) is 0 Å². The third kappa shape index (κ3) is 1.97. The molecule has 0 spiro atoms. The Morgan fingerprint density at radius 3 is 2.96 bits per heavy atom. The van der Waals surface area contributed by atoms with Crippen LogP contribution in [0.2, 0.25) is 0 Å². The number of hydrogen-bond donors (Lipinski definition) is 2. The highest BCUT2D eigenvalue weighted by Gasteiger charge is 2.47. The van der Waals surface area contributed by atoms with Crippen molar-refractivity contribution in [3.63, 3.8) is 0 Å². The number of ether oxygens (including phenoxy) is 1. The fourth-order valence-corrected chi connectivity index (χ4v) is 3.83. The summed E-state index contributed by atoms with van der Waals surface area (Å²) in [6.07, 6.45) is 5.27. The van der Waals surface area contributed by atoms with Crippen molar-refractivity contribution in [1.29, 1.82) is 0 Å². The molecule has 1 aliphatic heterocycles. The quantitative estimate of drug-likeness (QED) is 0.728. The zero-order valence-electron chi connectivity index (χ0n) is 13.6. The van der Waals surface area contributed by atoms with E-state index >= 15 is 0 Å². The van der Waals surface area contributed by atoms with E-state index in [1.807, 2.05) is 6.20 Å². The van der Waals surface area contributed by atoms with Crippen molar-refractivity contribution in [3.05, 3.63) is 72.1 Å². The number of aromatic nitrogens is 1. The number of hydrogen-bond acceptors (Lipinski definition) is 2. The van der Waals surface area contributed by atoms with Gasteiger partial charge in [0.05, 0.1) is 17.8 Å². The van der Waals surface area contributed by atoms with Crippen LogP contribution in [0, 0.1) is 0 Å². The van der Waals surface area contributed by atoms with Gasteiger partial charge in [-0.2, -0.15) is 0 Å². The zero-order chi connectivity index (χ0) is 16.1. The van der Waals surface area contributed by atoms with Crippen molar-refractivity contribution in [1.82, 2.24) is 4.98 Å². The first kappa shape index (κ1) is 13.7. The molecule has 0 unspecified atom stereocenters. The molecular formula is C21H20N2O. The minimum absolute atomic E-state index is 0.0374. The summed E-state index contributed by atoms with van der Waals surface area (Å²) in [7, 11) is 0. The first-order chi connectivity index (χ1) is 11.8. The Kier molecular flexibility index (Phi) is 2.81. The van der Waals surface area contributed by atoms with E-state index in [9.17, 15) is 0 Å². The normalized spacial score (nSPS) is 17.3. The summed E-state index contributed by atoms with van der Waals surface area (Å²) < 4.78 is 5.75. The van der Waals surface area contributed by atoms with Gasteiger partial charge in [0.1, 0.15) is 5.75 Å². The van der Waals surface area contributed by atoms with Gasteiger partial charge in [0, 0.05) is 29.1 Å². The standard InChI is InChI=1S/C21H20N2O/c1-14(23-18-4-2-3-16-7-11-22-20(16)18)21(9-10-21)17-6-5-15-8-12-24-19(15)13-17/h2-7,11,13,22-23H,1,8-10,12H2. The summed E-state index contributed by atoms with van der Waals surface area (Å²) in [5.41, 5.74) is 5.97. The first-order valence-electron chi connectivity index (χ1n) is 8.55. The van der Waals surface area contributed by atoms with Crippen molar-refractivity contribution in [2.45, 2.75) is 24.7 Å². The number of fused-ring (bicyclic) bond motifs is 2. The molecule has 3 nitrogen and oxygen atoms in total. The van der Waals surface area contributed by atoms with Gasteiger partial charge < -0.3 is 15.0 Å². The van der Waals surface area contributed by atoms with Crippen LogP contribution in [0.25, 0.3) is 10.9 Å². The monoisotopic (exact) mass is 316 g/mol. The molecule has 0 saturated heterocycles. The molecule has 3 heteroatoms. The third-order valence-electron chi connectivity index (χ3n) is 5.45. The molecule has 1 saturated carbocycles. The summed E-state index contributed by atoms with van der Waals surface area (Å²) in [5, 5.41) is 4.79. The summed E-state index contributed by atoms with van der Waals surface area (Å²) in [4.78, 5) is 3.32. The van der Waals surface area contributed by atoms with Crippen LogP contribution >= 0.6 is 0 Å². The Morgan fingerprint density at radius 2 is 2.08 bits per heavy atom. The van der Waals surface area contributed by atoms with E-state index < -0.39 is 0 Å². The third-order valence-corrected chi connectivity index (χ3v) is 5.45. The summed E-state index contributed by atoms with van der Waals surface area (Å²) >= 11 is 0. The molecule has 2 aromatic carbocycles. The molecule has 2 heterocycles. The predicted octanol–water partition coefficient (Wildman–Crippen LogP) is 4.76. The van der Waals surface area contributed by atoms with Crippen LogP contribution in [0.3, 0.4) is 0 Å². The van der Waals surface area contributed by atoms with E-state index in [0.717, 1.165) is 48.5 Å². The maximum Gasteiger partial charge on any atom is 0.122 e. The van der Waals surface area contributed by atoms with Crippen LogP contribution < -0.4 is 10.1 Å². The molecule has 0 atom stereocenters. The van der Waals surface area contributed by atoms with Gasteiger partial charge >= 0.3 is 0 Å². The smallest absolute Gasteiger partial charge is 0.122 e. The number of H-pyrrole nitrogens is 1. The number of aromatic amines is 1. The topological polar surface area (TPSA) is 37.0 Å². The minimum Gasteiger partial charge on any atom is -0.493 e. The highest BCUT2D eigenvalue weighted by molar-refractivity contribution is 5.91. The average molecular weight is 316 g/mol. The summed E-state index contributed by atoms with van der Waals surface area (Å²) in [6, 6.07) is 15.1. The molecular weight excluding hydrogens is 296 g/mol. The number of para-hydroxylation sites is 1. The molecule has 0 radical (unpaired) electrons. The van der Waals surface area contributed by atoms with Gasteiger partial charge in [0.2, 0.25) is 0 Å². The van der Waals surface area contributed by atoms with E-state index in [4.69, 9.17) is 4.74 Å². The van der Waals surface area contributed by atoms with E-state index in [2.05, 4.69) is 59.3 Å². The Balaban J connectivity index is 1.47. The lowest BCUT2D eigenvalue weighted by molar-refractivity contribution is 0.356. The molecule has 2 aliphatic rings. The molecule has 5 rings (SSSR count). The van der Waals surface area contributed by atoms with Gasteiger partial charge in [0.25, 0.3) is 0 Å². The van der Waals surface area contributed by atoms with Crippen molar-refractivity contribution in [3.8, 4) is 5.75 Å². The van der Waals surface area contributed by atoms with E-state index in [0.29, 0.717) is 0 Å². The largest absolute Gasteiger partial charge is 0.493 e. The minimum atomic E-state index is 0.0374.